The van der Waals surface area contributed by atoms with Gasteiger partial charge in [-0.05, 0) is 42.0 Å². The minimum atomic E-state index is -0.459. The summed E-state index contributed by atoms with van der Waals surface area (Å²) in [4.78, 5) is 25.9. The summed E-state index contributed by atoms with van der Waals surface area (Å²) in [6, 6.07) is 14.5. The van der Waals surface area contributed by atoms with Gasteiger partial charge in [0.05, 0.1) is 20.3 Å². The van der Waals surface area contributed by atoms with E-state index in [0.717, 1.165) is 32.0 Å². The molecule has 2 aromatic rings. The topological polar surface area (TPSA) is 79.9 Å². The van der Waals surface area contributed by atoms with Gasteiger partial charge in [0.2, 0.25) is 0 Å². The van der Waals surface area contributed by atoms with E-state index in [2.05, 4.69) is 20.3 Å². The Balaban J connectivity index is 1.61. The fraction of sp³-hybridized carbons (Fsp3) is 0.238. The molecule has 7 nitrogen and oxygen atoms in total. The van der Waals surface area contributed by atoms with Crippen LogP contribution in [-0.4, -0.2) is 45.4 Å². The first-order valence-electron chi connectivity index (χ1n) is 9.01. The van der Waals surface area contributed by atoms with Gasteiger partial charge in [0.1, 0.15) is 0 Å². The number of urea groups is 1. The molecule has 1 heterocycles. The largest absolute Gasteiger partial charge is 0.466 e. The van der Waals surface area contributed by atoms with Gasteiger partial charge in [0.25, 0.3) is 0 Å². The summed E-state index contributed by atoms with van der Waals surface area (Å²) in [5.41, 5.74) is 3.08. The first-order chi connectivity index (χ1) is 13.7. The lowest BCUT2D eigenvalue weighted by molar-refractivity contribution is -0.134. The van der Waals surface area contributed by atoms with Gasteiger partial charge >= 0.3 is 12.0 Å². The molecule has 28 heavy (non-hydrogen) atoms. The second-order valence-corrected chi connectivity index (χ2v) is 6.17. The van der Waals surface area contributed by atoms with Gasteiger partial charge in [-0.25, -0.2) is 9.59 Å². The van der Waals surface area contributed by atoms with E-state index in [9.17, 15) is 9.59 Å². The molecule has 2 amide bonds. The highest BCUT2D eigenvalue weighted by atomic mass is 16.5. The van der Waals surface area contributed by atoms with Crippen molar-refractivity contribution in [1.29, 1.82) is 0 Å². The Hall–Kier alpha value is -3.32. The summed E-state index contributed by atoms with van der Waals surface area (Å²) in [6.45, 7) is 3.19. The molecule has 3 rings (SSSR count). The Kier molecular flexibility index (Phi) is 6.64. The Morgan fingerprint density at radius 3 is 2.46 bits per heavy atom. The number of nitrogens with zero attached hydrogens (tertiary/aromatic N) is 1. The van der Waals surface area contributed by atoms with Gasteiger partial charge in [-0.3, -0.25) is 0 Å². The highest BCUT2D eigenvalue weighted by Gasteiger charge is 2.11. The maximum atomic E-state index is 12.4. The van der Waals surface area contributed by atoms with Crippen LogP contribution in [0.15, 0.2) is 54.6 Å². The number of anilines is 3. The maximum Gasteiger partial charge on any atom is 0.330 e. The number of esters is 1. The normalized spacial score (nSPS) is 14.0. The van der Waals surface area contributed by atoms with Crippen molar-refractivity contribution in [1.82, 2.24) is 0 Å². The smallest absolute Gasteiger partial charge is 0.330 e. The summed E-state index contributed by atoms with van der Waals surface area (Å²) in [6.07, 6.45) is 2.90. The van der Waals surface area contributed by atoms with E-state index in [1.807, 2.05) is 36.4 Å². The third kappa shape index (κ3) is 5.34. The van der Waals surface area contributed by atoms with E-state index in [1.54, 1.807) is 18.2 Å². The molecule has 0 unspecified atom stereocenters. The number of para-hydroxylation sites is 1. The molecule has 0 spiro atoms. The minimum absolute atomic E-state index is 0.363. The van der Waals surface area contributed by atoms with Gasteiger partial charge in [-0.15, -0.1) is 0 Å². The van der Waals surface area contributed by atoms with Gasteiger partial charge in [-0.1, -0.05) is 18.2 Å². The van der Waals surface area contributed by atoms with Gasteiger partial charge < -0.3 is 25.0 Å². The zero-order chi connectivity index (χ0) is 19.8. The number of carbonyl (C=O) groups excluding carboxylic acids is 2. The van der Waals surface area contributed by atoms with Crippen LogP contribution in [0, 0.1) is 0 Å². The molecule has 146 valence electrons. The van der Waals surface area contributed by atoms with Crippen molar-refractivity contribution in [2.45, 2.75) is 0 Å². The molecule has 1 aliphatic heterocycles. The van der Waals surface area contributed by atoms with Crippen molar-refractivity contribution in [3.63, 3.8) is 0 Å². The Morgan fingerprint density at radius 1 is 1.04 bits per heavy atom. The molecule has 7 heteroatoms. The van der Waals surface area contributed by atoms with E-state index in [-0.39, 0.29) is 6.03 Å². The van der Waals surface area contributed by atoms with E-state index in [0.29, 0.717) is 16.9 Å². The zero-order valence-electron chi connectivity index (χ0n) is 15.7. The number of hydrogen-bond donors (Lipinski definition) is 2. The molecule has 0 bridgehead atoms. The Labute approximate surface area is 163 Å². The average Bonchev–Trinajstić information content (AvgIpc) is 2.74. The number of nitrogens with one attached hydrogen (secondary N) is 2. The van der Waals surface area contributed by atoms with Crippen LogP contribution in [0.4, 0.5) is 21.9 Å². The maximum absolute atomic E-state index is 12.4. The van der Waals surface area contributed by atoms with Gasteiger partial charge in [0.15, 0.2) is 0 Å². The van der Waals surface area contributed by atoms with Crippen LogP contribution in [0.3, 0.4) is 0 Å². The standard InChI is InChI=1S/C21H23N3O4/c1-27-20(25)11-6-16-4-2-3-5-19(16)23-21(26)22-17-7-9-18(10-8-17)24-12-14-28-15-13-24/h2-11H,12-15H2,1H3,(H2,22,23,26)/b11-6+. The lowest BCUT2D eigenvalue weighted by Crippen LogP contribution is -2.36. The molecule has 1 aliphatic rings. The van der Waals surface area contributed by atoms with E-state index in [4.69, 9.17) is 4.74 Å². The first kappa shape index (κ1) is 19.4. The first-order valence-corrected chi connectivity index (χ1v) is 9.01. The summed E-state index contributed by atoms with van der Waals surface area (Å²) >= 11 is 0. The molecule has 0 saturated carbocycles. The SMILES string of the molecule is COC(=O)/C=C/c1ccccc1NC(=O)Nc1ccc(N2CCOCC2)cc1. The van der Waals surface area contributed by atoms with Crippen LogP contribution in [0.2, 0.25) is 0 Å². The van der Waals surface area contributed by atoms with Crippen molar-refractivity contribution in [3.8, 4) is 0 Å². The molecule has 0 aliphatic carbocycles. The number of ether oxygens (including phenoxy) is 2. The monoisotopic (exact) mass is 381 g/mol. The molecule has 0 atom stereocenters. The predicted octanol–water partition coefficient (Wildman–Crippen LogP) is 3.35. The Morgan fingerprint density at radius 2 is 1.75 bits per heavy atom. The van der Waals surface area contributed by atoms with Crippen LogP contribution >= 0.6 is 0 Å². The number of amides is 2. The lowest BCUT2D eigenvalue weighted by atomic mass is 10.1. The summed E-state index contributed by atoms with van der Waals surface area (Å²) in [5, 5.41) is 5.61. The lowest BCUT2D eigenvalue weighted by Gasteiger charge is -2.28. The second kappa shape index (κ2) is 9.57. The third-order valence-electron chi connectivity index (χ3n) is 4.31. The van der Waals surface area contributed by atoms with Gasteiger partial charge in [0, 0.05) is 36.2 Å². The summed E-state index contributed by atoms with van der Waals surface area (Å²) in [5.74, 6) is -0.459. The van der Waals surface area contributed by atoms with Crippen molar-refractivity contribution in [2.24, 2.45) is 0 Å². The number of rotatable bonds is 5. The Bertz CT molecular complexity index is 843. The van der Waals surface area contributed by atoms with Crippen LogP contribution in [0.25, 0.3) is 6.08 Å². The molecular formula is C21H23N3O4. The quantitative estimate of drug-likeness (QED) is 0.613. The molecule has 1 saturated heterocycles. The van der Waals surface area contributed by atoms with Crippen LogP contribution in [-0.2, 0) is 14.3 Å². The molecule has 2 aromatic carbocycles. The number of carbonyl (C=O) groups is 2. The van der Waals surface area contributed by atoms with E-state index < -0.39 is 5.97 Å². The fourth-order valence-electron chi connectivity index (χ4n) is 2.84. The van der Waals surface area contributed by atoms with Crippen molar-refractivity contribution in [2.75, 3.05) is 48.9 Å². The average molecular weight is 381 g/mol. The summed E-state index contributed by atoms with van der Waals surface area (Å²) < 4.78 is 9.95. The third-order valence-corrected chi connectivity index (χ3v) is 4.31. The van der Waals surface area contributed by atoms with Crippen LogP contribution in [0.5, 0.6) is 0 Å². The van der Waals surface area contributed by atoms with E-state index >= 15 is 0 Å². The van der Waals surface area contributed by atoms with Crippen molar-refractivity contribution >= 4 is 35.1 Å². The highest BCUT2D eigenvalue weighted by Crippen LogP contribution is 2.20. The highest BCUT2D eigenvalue weighted by molar-refractivity contribution is 6.01. The van der Waals surface area contributed by atoms with Gasteiger partial charge in [-0.2, -0.15) is 0 Å². The molecule has 2 N–H and O–H groups in total. The molecule has 0 radical (unpaired) electrons. The predicted molar refractivity (Wildman–Crippen MR) is 110 cm³/mol. The molecule has 0 aromatic heterocycles. The van der Waals surface area contributed by atoms with Crippen molar-refractivity contribution < 1.29 is 19.1 Å². The summed E-state index contributed by atoms with van der Waals surface area (Å²) in [7, 11) is 1.31. The minimum Gasteiger partial charge on any atom is -0.466 e. The molecule has 1 fully saturated rings. The zero-order valence-corrected chi connectivity index (χ0v) is 15.7. The fourth-order valence-corrected chi connectivity index (χ4v) is 2.84. The van der Waals surface area contributed by atoms with E-state index in [1.165, 1.54) is 13.2 Å². The molecular weight excluding hydrogens is 358 g/mol. The van der Waals surface area contributed by atoms with Crippen molar-refractivity contribution in [3.05, 3.63) is 60.2 Å². The number of morpholine rings is 1. The van der Waals surface area contributed by atoms with Crippen LogP contribution < -0.4 is 15.5 Å². The number of benzene rings is 2. The number of methoxy groups -OCH3 is 1. The second-order valence-electron chi connectivity index (χ2n) is 6.17. The van der Waals surface area contributed by atoms with Crippen LogP contribution in [0.1, 0.15) is 5.56 Å². The number of hydrogen-bond acceptors (Lipinski definition) is 5.